The van der Waals surface area contributed by atoms with E-state index in [0.29, 0.717) is 6.54 Å². The van der Waals surface area contributed by atoms with Crippen LogP contribution in [-0.2, 0) is 9.53 Å². The molecule has 3 rings (SSSR count). The number of ether oxygens (including phenoxy) is 1. The van der Waals surface area contributed by atoms with Crippen LogP contribution < -0.4 is 0 Å². The van der Waals surface area contributed by atoms with E-state index in [0.717, 1.165) is 11.1 Å². The van der Waals surface area contributed by atoms with Gasteiger partial charge in [-0.05, 0) is 17.2 Å². The number of rotatable bonds is 5. The van der Waals surface area contributed by atoms with Gasteiger partial charge in [0.2, 0.25) is 0 Å². The van der Waals surface area contributed by atoms with Gasteiger partial charge in [0.05, 0.1) is 31.7 Å². The van der Waals surface area contributed by atoms with Crippen molar-refractivity contribution in [3.63, 3.8) is 0 Å². The summed E-state index contributed by atoms with van der Waals surface area (Å²) in [6.45, 7) is 0.195. The highest BCUT2D eigenvalue weighted by atomic mass is 16.5. The molecule has 0 amide bonds. The summed E-state index contributed by atoms with van der Waals surface area (Å²) in [4.78, 5) is 18.4. The fraction of sp³-hybridized carbons (Fsp3) is 0.350. The van der Waals surface area contributed by atoms with E-state index in [-0.39, 0.29) is 24.5 Å². The van der Waals surface area contributed by atoms with Crippen LogP contribution in [0.25, 0.3) is 0 Å². The number of benzene rings is 1. The Morgan fingerprint density at radius 1 is 1.38 bits per heavy atom. The van der Waals surface area contributed by atoms with Gasteiger partial charge in [-0.15, -0.1) is 0 Å². The second-order valence-corrected chi connectivity index (χ2v) is 6.32. The number of aliphatic hydroxyl groups excluding tert-OH is 1. The standard InChI is InChI=1S/C20H21N3O3/c1-26-20(25)16-12-23(18(13-24)14-6-3-2-4-7-14)17(10-21)19(16)15-8-5-9-22-11-15/h2-9,11,16-19,24H,12-13H2,1H3/t16-,17-,18+,19+/m1/s1. The summed E-state index contributed by atoms with van der Waals surface area (Å²) in [5.41, 5.74) is 1.73. The molecule has 1 aliphatic heterocycles. The topological polar surface area (TPSA) is 86.5 Å². The van der Waals surface area contributed by atoms with Gasteiger partial charge in [-0.3, -0.25) is 14.7 Å². The van der Waals surface area contributed by atoms with Gasteiger partial charge in [-0.1, -0.05) is 36.4 Å². The monoisotopic (exact) mass is 351 g/mol. The van der Waals surface area contributed by atoms with Crippen molar-refractivity contribution in [1.82, 2.24) is 9.88 Å². The van der Waals surface area contributed by atoms with Crippen molar-refractivity contribution in [3.05, 3.63) is 66.0 Å². The average molecular weight is 351 g/mol. The van der Waals surface area contributed by atoms with Crippen LogP contribution in [0.5, 0.6) is 0 Å². The molecule has 1 aromatic heterocycles. The number of carbonyl (C=O) groups is 1. The number of nitrogens with zero attached hydrogens (tertiary/aromatic N) is 3. The molecule has 0 aliphatic carbocycles. The van der Waals surface area contributed by atoms with E-state index >= 15 is 0 Å². The first-order valence-electron chi connectivity index (χ1n) is 8.50. The number of methoxy groups -OCH3 is 1. The van der Waals surface area contributed by atoms with Crippen molar-refractivity contribution >= 4 is 5.97 Å². The molecule has 2 aromatic rings. The minimum Gasteiger partial charge on any atom is -0.469 e. The smallest absolute Gasteiger partial charge is 0.310 e. The second-order valence-electron chi connectivity index (χ2n) is 6.32. The van der Waals surface area contributed by atoms with E-state index < -0.39 is 12.0 Å². The number of carbonyl (C=O) groups excluding carboxylic acids is 1. The lowest BCUT2D eigenvalue weighted by atomic mass is 9.85. The van der Waals surface area contributed by atoms with Gasteiger partial charge >= 0.3 is 5.97 Å². The Labute approximate surface area is 152 Å². The zero-order valence-electron chi connectivity index (χ0n) is 14.5. The van der Waals surface area contributed by atoms with Crippen molar-refractivity contribution in [2.24, 2.45) is 5.92 Å². The first-order chi connectivity index (χ1) is 12.7. The fourth-order valence-electron chi connectivity index (χ4n) is 3.79. The molecule has 0 saturated carbocycles. The molecule has 1 aromatic carbocycles. The molecule has 2 heterocycles. The Kier molecular flexibility index (Phi) is 5.61. The van der Waals surface area contributed by atoms with Crippen LogP contribution in [0.4, 0.5) is 0 Å². The number of hydrogen-bond donors (Lipinski definition) is 1. The summed E-state index contributed by atoms with van der Waals surface area (Å²) in [6, 6.07) is 14.6. The lowest BCUT2D eigenvalue weighted by molar-refractivity contribution is -0.145. The molecule has 1 N–H and O–H groups in total. The quantitative estimate of drug-likeness (QED) is 0.828. The molecule has 6 heteroatoms. The molecule has 1 saturated heterocycles. The van der Waals surface area contributed by atoms with E-state index in [1.807, 2.05) is 41.3 Å². The van der Waals surface area contributed by atoms with Crippen LogP contribution in [-0.4, -0.2) is 47.3 Å². The van der Waals surface area contributed by atoms with Gasteiger partial charge < -0.3 is 9.84 Å². The number of esters is 1. The van der Waals surface area contributed by atoms with Crippen molar-refractivity contribution in [2.75, 3.05) is 20.3 Å². The molecular weight excluding hydrogens is 330 g/mol. The highest BCUT2D eigenvalue weighted by molar-refractivity contribution is 5.75. The second kappa shape index (κ2) is 8.09. The maximum Gasteiger partial charge on any atom is 0.310 e. The Balaban J connectivity index is 2.02. The Morgan fingerprint density at radius 2 is 2.15 bits per heavy atom. The van der Waals surface area contributed by atoms with E-state index in [2.05, 4.69) is 11.1 Å². The SMILES string of the molecule is COC(=O)[C@@H]1CN([C@@H](CO)c2ccccc2)[C@H](C#N)[C@H]1c1cccnc1. The fourth-order valence-corrected chi connectivity index (χ4v) is 3.79. The maximum atomic E-state index is 12.4. The largest absolute Gasteiger partial charge is 0.469 e. The predicted octanol–water partition coefficient (Wildman–Crippen LogP) is 1.90. The van der Waals surface area contributed by atoms with E-state index in [1.54, 1.807) is 18.5 Å². The summed E-state index contributed by atoms with van der Waals surface area (Å²) < 4.78 is 4.99. The number of likely N-dealkylation sites (tertiary alicyclic amines) is 1. The van der Waals surface area contributed by atoms with Crippen LogP contribution in [0.2, 0.25) is 0 Å². The number of nitriles is 1. The number of aliphatic hydroxyl groups is 1. The van der Waals surface area contributed by atoms with Crippen LogP contribution >= 0.6 is 0 Å². The number of hydrogen-bond acceptors (Lipinski definition) is 6. The van der Waals surface area contributed by atoms with Gasteiger partial charge in [-0.25, -0.2) is 0 Å². The van der Waals surface area contributed by atoms with Gasteiger partial charge in [0, 0.05) is 24.9 Å². The van der Waals surface area contributed by atoms with Crippen LogP contribution in [0.1, 0.15) is 23.1 Å². The summed E-state index contributed by atoms with van der Waals surface area (Å²) >= 11 is 0. The minimum absolute atomic E-state index is 0.143. The van der Waals surface area contributed by atoms with Crippen molar-refractivity contribution in [1.29, 1.82) is 5.26 Å². The van der Waals surface area contributed by atoms with Crippen molar-refractivity contribution in [3.8, 4) is 6.07 Å². The van der Waals surface area contributed by atoms with Crippen molar-refractivity contribution < 1.29 is 14.6 Å². The van der Waals surface area contributed by atoms with Gasteiger partial charge in [0.1, 0.15) is 6.04 Å². The third-order valence-electron chi connectivity index (χ3n) is 5.00. The van der Waals surface area contributed by atoms with Gasteiger partial charge in [0.25, 0.3) is 0 Å². The molecule has 26 heavy (non-hydrogen) atoms. The zero-order valence-corrected chi connectivity index (χ0v) is 14.5. The number of aromatic nitrogens is 1. The molecule has 0 radical (unpaired) electrons. The summed E-state index contributed by atoms with van der Waals surface area (Å²) in [7, 11) is 1.35. The van der Waals surface area contributed by atoms with E-state index in [1.165, 1.54) is 7.11 Å². The van der Waals surface area contributed by atoms with Crippen LogP contribution in [0.15, 0.2) is 54.9 Å². The molecule has 1 fully saturated rings. The maximum absolute atomic E-state index is 12.4. The van der Waals surface area contributed by atoms with Crippen LogP contribution in [0, 0.1) is 17.2 Å². The first-order valence-corrected chi connectivity index (χ1v) is 8.50. The first kappa shape index (κ1) is 18.1. The zero-order chi connectivity index (χ0) is 18.5. The van der Waals surface area contributed by atoms with Gasteiger partial charge in [0.15, 0.2) is 0 Å². The van der Waals surface area contributed by atoms with Crippen molar-refractivity contribution in [2.45, 2.75) is 18.0 Å². The van der Waals surface area contributed by atoms with E-state index in [4.69, 9.17) is 4.74 Å². The molecule has 0 spiro atoms. The molecule has 0 bridgehead atoms. The summed E-state index contributed by atoms with van der Waals surface area (Å²) in [5.74, 6) is -1.21. The lowest BCUT2D eigenvalue weighted by Crippen LogP contribution is -2.36. The molecule has 1 aliphatic rings. The minimum atomic E-state index is -0.569. The third kappa shape index (κ3) is 3.32. The number of pyridine rings is 1. The molecule has 0 unspecified atom stereocenters. The third-order valence-corrected chi connectivity index (χ3v) is 5.00. The van der Waals surface area contributed by atoms with Gasteiger partial charge in [-0.2, -0.15) is 5.26 Å². The molecular formula is C20H21N3O3. The normalized spacial score (nSPS) is 24.0. The Morgan fingerprint density at radius 3 is 2.73 bits per heavy atom. The predicted molar refractivity (Wildman–Crippen MR) is 94.9 cm³/mol. The summed E-state index contributed by atoms with van der Waals surface area (Å²) in [6.07, 6.45) is 3.34. The lowest BCUT2D eigenvalue weighted by Gasteiger charge is -2.30. The Bertz CT molecular complexity index is 776. The molecule has 134 valence electrons. The van der Waals surface area contributed by atoms with Crippen LogP contribution in [0.3, 0.4) is 0 Å². The van der Waals surface area contributed by atoms with E-state index in [9.17, 15) is 15.2 Å². The highest BCUT2D eigenvalue weighted by Crippen LogP contribution is 2.42. The summed E-state index contributed by atoms with van der Waals surface area (Å²) in [5, 5.41) is 19.9. The molecule has 6 nitrogen and oxygen atoms in total. The average Bonchev–Trinajstić information content (AvgIpc) is 3.08. The highest BCUT2D eigenvalue weighted by Gasteiger charge is 2.49. The Hall–Kier alpha value is -2.75. The molecule has 4 atom stereocenters.